The highest BCUT2D eigenvalue weighted by molar-refractivity contribution is 9.10. The first-order valence-corrected chi connectivity index (χ1v) is 5.82. The number of thiophene rings is 1. The molecule has 1 aromatic carbocycles. The van der Waals surface area contributed by atoms with E-state index in [1.54, 1.807) is 0 Å². The molecular formula is C9H7BrS2. The quantitative estimate of drug-likeness (QED) is 0.732. The number of benzene rings is 1. The Morgan fingerprint density at radius 1 is 1.33 bits per heavy atom. The molecule has 0 aliphatic rings. The van der Waals surface area contributed by atoms with Crippen molar-refractivity contribution in [2.45, 2.75) is 5.75 Å². The average molecular weight is 259 g/mol. The van der Waals surface area contributed by atoms with Gasteiger partial charge in [0.15, 0.2) is 0 Å². The summed E-state index contributed by atoms with van der Waals surface area (Å²) in [4.78, 5) is 1.33. The molecule has 0 amide bonds. The van der Waals surface area contributed by atoms with Crippen LogP contribution in [0.5, 0.6) is 0 Å². The van der Waals surface area contributed by atoms with Crippen LogP contribution in [0.15, 0.2) is 28.7 Å². The van der Waals surface area contributed by atoms with E-state index in [4.69, 9.17) is 0 Å². The lowest BCUT2D eigenvalue weighted by Crippen LogP contribution is -1.63. The highest BCUT2D eigenvalue weighted by Gasteiger charge is 1.99. The molecule has 2 aromatic rings. The summed E-state index contributed by atoms with van der Waals surface area (Å²) in [6.45, 7) is 0. The van der Waals surface area contributed by atoms with Gasteiger partial charge in [-0.05, 0) is 29.7 Å². The molecule has 0 atom stereocenters. The van der Waals surface area contributed by atoms with Crippen LogP contribution in [-0.4, -0.2) is 0 Å². The van der Waals surface area contributed by atoms with E-state index in [9.17, 15) is 0 Å². The Bertz CT molecular complexity index is 406. The molecule has 0 saturated carbocycles. The fraction of sp³-hybridized carbons (Fsp3) is 0.111. The second-order valence-corrected chi connectivity index (χ2v) is 4.95. The van der Waals surface area contributed by atoms with Gasteiger partial charge in [-0.1, -0.05) is 15.9 Å². The fourth-order valence-electron chi connectivity index (χ4n) is 1.15. The lowest BCUT2D eigenvalue weighted by atomic mass is 10.2. The molecule has 0 N–H and O–H groups in total. The van der Waals surface area contributed by atoms with E-state index in [0.29, 0.717) is 0 Å². The molecule has 0 aliphatic carbocycles. The smallest absolute Gasteiger partial charge is 0.0346 e. The van der Waals surface area contributed by atoms with Gasteiger partial charge in [0.05, 0.1) is 0 Å². The van der Waals surface area contributed by atoms with Gasteiger partial charge in [-0.3, -0.25) is 0 Å². The Morgan fingerprint density at radius 3 is 2.92 bits per heavy atom. The van der Waals surface area contributed by atoms with Gasteiger partial charge in [0.2, 0.25) is 0 Å². The Labute approximate surface area is 89.1 Å². The van der Waals surface area contributed by atoms with Crippen molar-refractivity contribution < 1.29 is 0 Å². The molecule has 0 fully saturated rings. The molecule has 12 heavy (non-hydrogen) atoms. The normalized spacial score (nSPS) is 10.8. The molecular weight excluding hydrogens is 252 g/mol. The van der Waals surface area contributed by atoms with Gasteiger partial charge in [-0.15, -0.1) is 11.3 Å². The maximum atomic E-state index is 4.25. The van der Waals surface area contributed by atoms with Gasteiger partial charge in [0.1, 0.15) is 0 Å². The predicted octanol–water partition coefficient (Wildman–Crippen LogP) is 4.09. The van der Waals surface area contributed by atoms with Crippen LogP contribution >= 0.6 is 39.9 Å². The van der Waals surface area contributed by atoms with Crippen LogP contribution in [0.4, 0.5) is 0 Å². The van der Waals surface area contributed by atoms with Crippen LogP contribution in [0.2, 0.25) is 0 Å². The van der Waals surface area contributed by atoms with Crippen LogP contribution < -0.4 is 0 Å². The molecule has 0 nitrogen and oxygen atoms in total. The maximum Gasteiger partial charge on any atom is 0.0346 e. The van der Waals surface area contributed by atoms with E-state index in [2.05, 4.69) is 52.8 Å². The number of halogens is 1. The number of hydrogen-bond acceptors (Lipinski definition) is 2. The van der Waals surface area contributed by atoms with Gasteiger partial charge in [-0.2, -0.15) is 12.6 Å². The fourth-order valence-corrected chi connectivity index (χ4v) is 2.72. The standard InChI is InChI=1S/C9H7BrS2/c10-7-1-2-9-6(3-7)4-8(5-11)12-9/h1-4,11H,5H2. The van der Waals surface area contributed by atoms with Crippen LogP contribution in [-0.2, 0) is 5.75 Å². The largest absolute Gasteiger partial charge is 0.174 e. The van der Waals surface area contributed by atoms with E-state index in [1.165, 1.54) is 15.0 Å². The van der Waals surface area contributed by atoms with E-state index in [0.717, 1.165) is 10.2 Å². The summed E-state index contributed by atoms with van der Waals surface area (Å²) < 4.78 is 2.47. The summed E-state index contributed by atoms with van der Waals surface area (Å²) in [7, 11) is 0. The van der Waals surface area contributed by atoms with E-state index < -0.39 is 0 Å². The molecule has 1 heterocycles. The van der Waals surface area contributed by atoms with Crippen molar-refractivity contribution in [1.82, 2.24) is 0 Å². The molecule has 1 aromatic heterocycles. The van der Waals surface area contributed by atoms with Crippen molar-refractivity contribution >= 4 is 50.0 Å². The van der Waals surface area contributed by atoms with Crippen LogP contribution in [0.25, 0.3) is 10.1 Å². The third-order valence-electron chi connectivity index (χ3n) is 1.69. The van der Waals surface area contributed by atoms with Crippen LogP contribution in [0, 0.1) is 0 Å². The minimum atomic E-state index is 0.830. The highest BCUT2D eigenvalue weighted by atomic mass is 79.9. The summed E-state index contributed by atoms with van der Waals surface area (Å²) in [5.41, 5.74) is 0. The third-order valence-corrected chi connectivity index (χ3v) is 3.85. The lowest BCUT2D eigenvalue weighted by Gasteiger charge is -1.88. The van der Waals surface area contributed by atoms with E-state index >= 15 is 0 Å². The van der Waals surface area contributed by atoms with Gasteiger partial charge >= 0.3 is 0 Å². The van der Waals surface area contributed by atoms with Gasteiger partial charge in [0.25, 0.3) is 0 Å². The Kier molecular flexibility index (Phi) is 2.44. The average Bonchev–Trinajstić information content (AvgIpc) is 2.46. The highest BCUT2D eigenvalue weighted by Crippen LogP contribution is 2.28. The van der Waals surface area contributed by atoms with Gasteiger partial charge in [0, 0.05) is 19.8 Å². The van der Waals surface area contributed by atoms with Crippen molar-refractivity contribution in [2.24, 2.45) is 0 Å². The van der Waals surface area contributed by atoms with E-state index in [-0.39, 0.29) is 0 Å². The van der Waals surface area contributed by atoms with Gasteiger partial charge in [-0.25, -0.2) is 0 Å². The number of hydrogen-bond donors (Lipinski definition) is 1. The molecule has 0 aliphatic heterocycles. The third kappa shape index (κ3) is 1.53. The second-order valence-electron chi connectivity index (χ2n) is 2.55. The van der Waals surface area contributed by atoms with Crippen LogP contribution in [0.1, 0.15) is 4.88 Å². The summed E-state index contributed by atoms with van der Waals surface area (Å²) in [5, 5.41) is 1.30. The molecule has 0 radical (unpaired) electrons. The van der Waals surface area contributed by atoms with Crippen molar-refractivity contribution in [3.05, 3.63) is 33.6 Å². The monoisotopic (exact) mass is 258 g/mol. The predicted molar refractivity (Wildman–Crippen MR) is 62.2 cm³/mol. The minimum Gasteiger partial charge on any atom is -0.174 e. The van der Waals surface area contributed by atoms with Crippen molar-refractivity contribution in [3.63, 3.8) is 0 Å². The van der Waals surface area contributed by atoms with Crippen molar-refractivity contribution in [3.8, 4) is 0 Å². The number of thiol groups is 1. The zero-order chi connectivity index (χ0) is 8.55. The number of rotatable bonds is 1. The topological polar surface area (TPSA) is 0 Å². The first kappa shape index (κ1) is 8.60. The zero-order valence-electron chi connectivity index (χ0n) is 6.25. The summed E-state index contributed by atoms with van der Waals surface area (Å²) in [5.74, 6) is 0.830. The van der Waals surface area contributed by atoms with Gasteiger partial charge < -0.3 is 0 Å². The summed E-state index contributed by atoms with van der Waals surface area (Å²) >= 11 is 9.50. The summed E-state index contributed by atoms with van der Waals surface area (Å²) in [6, 6.07) is 8.54. The van der Waals surface area contributed by atoms with E-state index in [1.807, 2.05) is 11.3 Å². The van der Waals surface area contributed by atoms with Crippen molar-refractivity contribution in [2.75, 3.05) is 0 Å². The Morgan fingerprint density at radius 2 is 2.17 bits per heavy atom. The van der Waals surface area contributed by atoms with Crippen molar-refractivity contribution in [1.29, 1.82) is 0 Å². The molecule has 0 unspecified atom stereocenters. The molecule has 0 spiro atoms. The lowest BCUT2D eigenvalue weighted by molar-refractivity contribution is 1.58. The first-order chi connectivity index (χ1) is 5.79. The number of fused-ring (bicyclic) bond motifs is 1. The van der Waals surface area contributed by atoms with Crippen LogP contribution in [0.3, 0.4) is 0 Å². The SMILES string of the molecule is SCc1cc2cc(Br)ccc2s1. The minimum absolute atomic E-state index is 0.830. The molecule has 3 heteroatoms. The maximum absolute atomic E-state index is 4.25. The first-order valence-electron chi connectivity index (χ1n) is 3.58. The molecule has 62 valence electrons. The molecule has 0 saturated heterocycles. The zero-order valence-corrected chi connectivity index (χ0v) is 9.55. The molecule has 2 rings (SSSR count). The Balaban J connectivity index is 2.67. The second kappa shape index (κ2) is 3.40. The Hall–Kier alpha value is 0.01000. The summed E-state index contributed by atoms with van der Waals surface area (Å²) in [6.07, 6.45) is 0. The molecule has 0 bridgehead atoms.